The molecule has 0 radical (unpaired) electrons. The normalized spacial score (nSPS) is 10.2. The lowest BCUT2D eigenvalue weighted by Crippen LogP contribution is -2.21. The number of amides is 1. The van der Waals surface area contributed by atoms with Crippen LogP contribution in [0.25, 0.3) is 5.69 Å². The number of rotatable bonds is 6. The third kappa shape index (κ3) is 3.66. The van der Waals surface area contributed by atoms with Gasteiger partial charge in [0.1, 0.15) is 13.2 Å². The number of anilines is 1. The second-order valence-corrected chi connectivity index (χ2v) is 3.92. The molecule has 7 nitrogen and oxygen atoms in total. The molecule has 0 unspecified atom stereocenters. The molecule has 0 spiro atoms. The van der Waals surface area contributed by atoms with Crippen LogP contribution in [0.5, 0.6) is 0 Å². The van der Waals surface area contributed by atoms with E-state index in [1.54, 1.807) is 35.4 Å². The SMILES string of the molecule is O=C(O)COCC(=O)Nc1ccccc1-n1ccnc1. The lowest BCUT2D eigenvalue weighted by atomic mass is 10.2. The molecule has 0 aliphatic heterocycles. The molecule has 0 saturated carbocycles. The second-order valence-electron chi connectivity index (χ2n) is 3.92. The highest BCUT2D eigenvalue weighted by molar-refractivity contribution is 5.93. The predicted molar refractivity (Wildman–Crippen MR) is 70.6 cm³/mol. The van der Waals surface area contributed by atoms with Gasteiger partial charge in [0.15, 0.2) is 0 Å². The van der Waals surface area contributed by atoms with E-state index >= 15 is 0 Å². The number of aromatic nitrogens is 2. The largest absolute Gasteiger partial charge is 0.480 e. The number of ether oxygens (including phenoxy) is 1. The van der Waals surface area contributed by atoms with Crippen LogP contribution in [0, 0.1) is 0 Å². The van der Waals surface area contributed by atoms with Crippen molar-refractivity contribution < 1.29 is 19.4 Å². The average molecular weight is 275 g/mol. The summed E-state index contributed by atoms with van der Waals surface area (Å²) in [6, 6.07) is 7.19. The van der Waals surface area contributed by atoms with Crippen LogP contribution in [0.1, 0.15) is 0 Å². The van der Waals surface area contributed by atoms with E-state index in [4.69, 9.17) is 9.84 Å². The van der Waals surface area contributed by atoms with Gasteiger partial charge in [-0.25, -0.2) is 9.78 Å². The number of carbonyl (C=O) groups is 2. The lowest BCUT2D eigenvalue weighted by Gasteiger charge is -2.11. The van der Waals surface area contributed by atoms with Crippen LogP contribution in [0.2, 0.25) is 0 Å². The summed E-state index contributed by atoms with van der Waals surface area (Å²) in [7, 11) is 0. The van der Waals surface area contributed by atoms with Gasteiger partial charge in [0, 0.05) is 12.4 Å². The minimum absolute atomic E-state index is 0.315. The molecule has 0 fully saturated rings. The lowest BCUT2D eigenvalue weighted by molar-refractivity contribution is -0.143. The molecule has 104 valence electrons. The van der Waals surface area contributed by atoms with Gasteiger partial charge < -0.3 is 19.7 Å². The maximum atomic E-state index is 11.7. The Morgan fingerprint density at radius 3 is 2.80 bits per heavy atom. The van der Waals surface area contributed by atoms with Gasteiger partial charge in [-0.1, -0.05) is 12.1 Å². The number of benzene rings is 1. The number of imidazole rings is 1. The van der Waals surface area contributed by atoms with Gasteiger partial charge >= 0.3 is 5.97 Å². The number of carbonyl (C=O) groups excluding carboxylic acids is 1. The maximum absolute atomic E-state index is 11.7. The Morgan fingerprint density at radius 2 is 2.10 bits per heavy atom. The van der Waals surface area contributed by atoms with E-state index in [9.17, 15) is 9.59 Å². The molecule has 2 rings (SSSR count). The van der Waals surface area contributed by atoms with Crippen molar-refractivity contribution in [2.45, 2.75) is 0 Å². The molecule has 7 heteroatoms. The Bertz CT molecular complexity index is 595. The summed E-state index contributed by atoms with van der Waals surface area (Å²) in [4.78, 5) is 25.9. The summed E-state index contributed by atoms with van der Waals surface area (Å²) in [5, 5.41) is 11.1. The molecule has 1 aromatic carbocycles. The first kappa shape index (κ1) is 13.8. The van der Waals surface area contributed by atoms with Crippen molar-refractivity contribution in [3.63, 3.8) is 0 Å². The quantitative estimate of drug-likeness (QED) is 0.817. The Hall–Kier alpha value is -2.67. The predicted octanol–water partition coefficient (Wildman–Crippen LogP) is 0.912. The van der Waals surface area contributed by atoms with E-state index in [1.165, 1.54) is 0 Å². The zero-order valence-corrected chi connectivity index (χ0v) is 10.5. The Labute approximate surface area is 114 Å². The van der Waals surface area contributed by atoms with Gasteiger partial charge in [-0.2, -0.15) is 0 Å². The molecule has 1 amide bonds. The molecule has 2 N–H and O–H groups in total. The summed E-state index contributed by atoms with van der Waals surface area (Å²) < 4.78 is 6.49. The summed E-state index contributed by atoms with van der Waals surface area (Å²) >= 11 is 0. The van der Waals surface area contributed by atoms with Crippen LogP contribution >= 0.6 is 0 Å². The van der Waals surface area contributed by atoms with Gasteiger partial charge in [-0.3, -0.25) is 4.79 Å². The van der Waals surface area contributed by atoms with Crippen molar-refractivity contribution in [3.05, 3.63) is 43.0 Å². The highest BCUT2D eigenvalue weighted by atomic mass is 16.5. The van der Waals surface area contributed by atoms with Crippen LogP contribution in [0.4, 0.5) is 5.69 Å². The second kappa shape index (κ2) is 6.48. The zero-order valence-electron chi connectivity index (χ0n) is 10.5. The first-order valence-electron chi connectivity index (χ1n) is 5.83. The highest BCUT2D eigenvalue weighted by Crippen LogP contribution is 2.19. The van der Waals surface area contributed by atoms with Crippen molar-refractivity contribution in [2.75, 3.05) is 18.5 Å². The van der Waals surface area contributed by atoms with Crippen molar-refractivity contribution in [3.8, 4) is 5.69 Å². The Balaban J connectivity index is 2.03. The number of aliphatic carboxylic acids is 1. The van der Waals surface area contributed by atoms with Gasteiger partial charge in [-0.05, 0) is 12.1 Å². The third-order valence-corrected chi connectivity index (χ3v) is 2.42. The van der Waals surface area contributed by atoms with E-state index < -0.39 is 18.5 Å². The molecule has 1 aromatic heterocycles. The molecule has 20 heavy (non-hydrogen) atoms. The zero-order chi connectivity index (χ0) is 14.4. The van der Waals surface area contributed by atoms with Crippen LogP contribution in [0.3, 0.4) is 0 Å². The Morgan fingerprint density at radius 1 is 1.30 bits per heavy atom. The topological polar surface area (TPSA) is 93.5 Å². The van der Waals surface area contributed by atoms with Gasteiger partial charge in [0.25, 0.3) is 0 Å². The number of carboxylic acid groups (broad SMARTS) is 1. The van der Waals surface area contributed by atoms with Crippen LogP contribution in [-0.2, 0) is 14.3 Å². The number of hydrogen-bond acceptors (Lipinski definition) is 4. The minimum Gasteiger partial charge on any atom is -0.480 e. The van der Waals surface area contributed by atoms with Crippen LogP contribution in [0.15, 0.2) is 43.0 Å². The number of hydrogen-bond donors (Lipinski definition) is 2. The fourth-order valence-electron chi connectivity index (χ4n) is 1.62. The number of para-hydroxylation sites is 2. The number of carboxylic acids is 1. The summed E-state index contributed by atoms with van der Waals surface area (Å²) in [5.74, 6) is -1.53. The average Bonchev–Trinajstić information content (AvgIpc) is 2.92. The standard InChI is InChI=1S/C13H13N3O4/c17-12(7-20-8-13(18)19)15-10-3-1-2-4-11(10)16-6-5-14-9-16/h1-6,9H,7-8H2,(H,15,17)(H,18,19). The molecular weight excluding hydrogens is 262 g/mol. The van der Waals surface area contributed by atoms with Crippen molar-refractivity contribution in [2.24, 2.45) is 0 Å². The van der Waals surface area contributed by atoms with Crippen LogP contribution < -0.4 is 5.32 Å². The molecule has 0 saturated heterocycles. The van der Waals surface area contributed by atoms with E-state index in [-0.39, 0.29) is 6.61 Å². The molecule has 2 aromatic rings. The molecule has 0 bridgehead atoms. The van der Waals surface area contributed by atoms with Crippen molar-refractivity contribution >= 4 is 17.6 Å². The summed E-state index contributed by atoms with van der Waals surface area (Å²) in [6.45, 7) is -0.818. The molecule has 0 aliphatic rings. The first-order valence-corrected chi connectivity index (χ1v) is 5.83. The fraction of sp³-hybridized carbons (Fsp3) is 0.154. The fourth-order valence-corrected chi connectivity index (χ4v) is 1.62. The monoisotopic (exact) mass is 275 g/mol. The maximum Gasteiger partial charge on any atom is 0.329 e. The van der Waals surface area contributed by atoms with Gasteiger partial charge in [0.05, 0.1) is 17.7 Å². The van der Waals surface area contributed by atoms with E-state index in [0.29, 0.717) is 5.69 Å². The van der Waals surface area contributed by atoms with Crippen molar-refractivity contribution in [1.82, 2.24) is 9.55 Å². The van der Waals surface area contributed by atoms with Crippen molar-refractivity contribution in [1.29, 1.82) is 0 Å². The van der Waals surface area contributed by atoms with Gasteiger partial charge in [0.2, 0.25) is 5.91 Å². The van der Waals surface area contributed by atoms with E-state index in [1.807, 2.05) is 12.1 Å². The molecule has 0 aliphatic carbocycles. The van der Waals surface area contributed by atoms with Crippen LogP contribution in [-0.4, -0.2) is 39.7 Å². The summed E-state index contributed by atoms with van der Waals surface area (Å²) in [5.41, 5.74) is 1.35. The Kier molecular flexibility index (Phi) is 4.46. The molecule has 1 heterocycles. The smallest absolute Gasteiger partial charge is 0.329 e. The summed E-state index contributed by atoms with van der Waals surface area (Å²) in [6.07, 6.45) is 5.01. The molecular formula is C13H13N3O4. The number of nitrogens with one attached hydrogen (secondary N) is 1. The minimum atomic E-state index is -1.11. The van der Waals surface area contributed by atoms with E-state index in [2.05, 4.69) is 10.3 Å². The highest BCUT2D eigenvalue weighted by Gasteiger charge is 2.08. The third-order valence-electron chi connectivity index (χ3n) is 2.42. The molecule has 0 atom stereocenters. The van der Waals surface area contributed by atoms with Gasteiger partial charge in [-0.15, -0.1) is 0 Å². The van der Waals surface area contributed by atoms with E-state index in [0.717, 1.165) is 5.69 Å². The first-order chi connectivity index (χ1) is 9.66. The number of nitrogens with zero attached hydrogens (tertiary/aromatic N) is 2.